The van der Waals surface area contributed by atoms with E-state index in [9.17, 15) is 4.79 Å². The number of fused-ring (bicyclic) bond motifs is 1. The van der Waals surface area contributed by atoms with Crippen molar-refractivity contribution in [3.05, 3.63) is 29.3 Å². The fraction of sp³-hybridized carbons (Fsp3) is 0.462. The molecule has 2 nitrogen and oxygen atoms in total. The molecule has 2 rings (SSSR count). The van der Waals surface area contributed by atoms with Crippen LogP contribution >= 0.6 is 0 Å². The van der Waals surface area contributed by atoms with Crippen LogP contribution in [0.5, 0.6) is 5.75 Å². The molecule has 15 heavy (non-hydrogen) atoms. The summed E-state index contributed by atoms with van der Waals surface area (Å²) in [6, 6.07) is 6.09. The third kappa shape index (κ3) is 1.89. The van der Waals surface area contributed by atoms with Crippen molar-refractivity contribution in [3.8, 4) is 5.75 Å². The minimum Gasteiger partial charge on any atom is -0.426 e. The van der Waals surface area contributed by atoms with Gasteiger partial charge in [0.15, 0.2) is 0 Å². The van der Waals surface area contributed by atoms with E-state index in [4.69, 9.17) is 4.74 Å². The van der Waals surface area contributed by atoms with Crippen LogP contribution < -0.4 is 4.74 Å². The summed E-state index contributed by atoms with van der Waals surface area (Å²) in [6.07, 6.45) is 3.48. The molecule has 1 atom stereocenters. The zero-order chi connectivity index (χ0) is 10.8. The molecule has 1 heterocycles. The quantitative estimate of drug-likeness (QED) is 0.558. The third-order valence-electron chi connectivity index (χ3n) is 2.92. The van der Waals surface area contributed by atoms with E-state index < -0.39 is 0 Å². The molecule has 80 valence electrons. The molecule has 0 aliphatic carbocycles. The van der Waals surface area contributed by atoms with Gasteiger partial charge in [0.25, 0.3) is 0 Å². The molecule has 0 saturated carbocycles. The standard InChI is InChI=1S/C13H16O2/c1-3-4-5-10-6-7-12-11(8-10)9(2)13(14)15-12/h6-9H,3-5H2,1-2H3. The first-order chi connectivity index (χ1) is 7.22. The van der Waals surface area contributed by atoms with E-state index in [2.05, 4.69) is 19.1 Å². The molecule has 2 heteroatoms. The number of aryl methyl sites for hydroxylation is 1. The number of esters is 1. The van der Waals surface area contributed by atoms with Gasteiger partial charge < -0.3 is 4.74 Å². The predicted molar refractivity (Wildman–Crippen MR) is 59.1 cm³/mol. The maximum atomic E-state index is 11.3. The van der Waals surface area contributed by atoms with Crippen LogP contribution in [0.25, 0.3) is 0 Å². The molecule has 1 aliphatic heterocycles. The highest BCUT2D eigenvalue weighted by atomic mass is 16.5. The number of rotatable bonds is 3. The lowest BCUT2D eigenvalue weighted by atomic mass is 9.98. The molecule has 0 aromatic heterocycles. The second kappa shape index (κ2) is 4.05. The highest BCUT2D eigenvalue weighted by Crippen LogP contribution is 2.35. The Labute approximate surface area is 90.3 Å². The number of hydrogen-bond donors (Lipinski definition) is 0. The number of carbonyl (C=O) groups is 1. The number of benzene rings is 1. The minimum absolute atomic E-state index is 0.0958. The molecule has 0 fully saturated rings. The van der Waals surface area contributed by atoms with Gasteiger partial charge in [-0.15, -0.1) is 0 Å². The normalized spacial score (nSPS) is 18.8. The van der Waals surface area contributed by atoms with E-state index in [1.54, 1.807) is 0 Å². The minimum atomic E-state index is -0.127. The van der Waals surface area contributed by atoms with Crippen molar-refractivity contribution in [1.29, 1.82) is 0 Å². The Morgan fingerprint density at radius 1 is 1.40 bits per heavy atom. The molecule has 0 radical (unpaired) electrons. The first kappa shape index (κ1) is 10.2. The molecule has 1 aromatic rings. The van der Waals surface area contributed by atoms with Crippen LogP contribution in [0.2, 0.25) is 0 Å². The van der Waals surface area contributed by atoms with Crippen molar-refractivity contribution in [2.45, 2.75) is 39.0 Å². The lowest BCUT2D eigenvalue weighted by Crippen LogP contribution is -2.05. The Kier molecular flexibility index (Phi) is 2.76. The van der Waals surface area contributed by atoms with Gasteiger partial charge in [0, 0.05) is 5.56 Å². The zero-order valence-electron chi connectivity index (χ0n) is 9.25. The van der Waals surface area contributed by atoms with Crippen LogP contribution in [0.1, 0.15) is 43.7 Å². The predicted octanol–water partition coefficient (Wildman–Crippen LogP) is 3.05. The van der Waals surface area contributed by atoms with E-state index in [-0.39, 0.29) is 11.9 Å². The van der Waals surface area contributed by atoms with E-state index >= 15 is 0 Å². The summed E-state index contributed by atoms with van der Waals surface area (Å²) in [5.74, 6) is 0.520. The molecule has 0 N–H and O–H groups in total. The summed E-state index contributed by atoms with van der Waals surface area (Å²) in [6.45, 7) is 4.08. The Balaban J connectivity index is 2.23. The summed E-state index contributed by atoms with van der Waals surface area (Å²) in [5.41, 5.74) is 2.36. The lowest BCUT2D eigenvalue weighted by molar-refractivity contribution is -0.133. The average Bonchev–Trinajstić information content (AvgIpc) is 2.52. The van der Waals surface area contributed by atoms with Crippen molar-refractivity contribution in [1.82, 2.24) is 0 Å². The Morgan fingerprint density at radius 3 is 2.93 bits per heavy atom. The monoisotopic (exact) mass is 204 g/mol. The number of ether oxygens (including phenoxy) is 1. The van der Waals surface area contributed by atoms with Gasteiger partial charge in [-0.05, 0) is 31.4 Å². The van der Waals surface area contributed by atoms with Crippen molar-refractivity contribution in [3.63, 3.8) is 0 Å². The van der Waals surface area contributed by atoms with Crippen LogP contribution in [0.4, 0.5) is 0 Å². The zero-order valence-corrected chi connectivity index (χ0v) is 9.25. The summed E-state index contributed by atoms with van der Waals surface area (Å²) in [7, 11) is 0. The lowest BCUT2D eigenvalue weighted by Gasteiger charge is -2.03. The third-order valence-corrected chi connectivity index (χ3v) is 2.92. The van der Waals surface area contributed by atoms with Crippen LogP contribution in [0, 0.1) is 0 Å². The average molecular weight is 204 g/mol. The fourth-order valence-corrected chi connectivity index (χ4v) is 1.89. The first-order valence-electron chi connectivity index (χ1n) is 5.57. The van der Waals surface area contributed by atoms with E-state index in [1.807, 2.05) is 13.0 Å². The van der Waals surface area contributed by atoms with Crippen LogP contribution in [-0.2, 0) is 11.2 Å². The van der Waals surface area contributed by atoms with Gasteiger partial charge in [0.05, 0.1) is 5.92 Å². The summed E-state index contributed by atoms with van der Waals surface area (Å²) in [4.78, 5) is 11.3. The molecule has 0 spiro atoms. The van der Waals surface area contributed by atoms with Crippen LogP contribution in [0.15, 0.2) is 18.2 Å². The SMILES string of the molecule is CCCCc1ccc2c(c1)C(C)C(=O)O2. The Hall–Kier alpha value is -1.31. The topological polar surface area (TPSA) is 26.3 Å². The van der Waals surface area contributed by atoms with Crippen molar-refractivity contribution >= 4 is 5.97 Å². The van der Waals surface area contributed by atoms with Gasteiger partial charge in [-0.3, -0.25) is 4.79 Å². The van der Waals surface area contributed by atoms with Gasteiger partial charge in [-0.2, -0.15) is 0 Å². The first-order valence-corrected chi connectivity index (χ1v) is 5.57. The van der Waals surface area contributed by atoms with Gasteiger partial charge in [0.1, 0.15) is 5.75 Å². The summed E-state index contributed by atoms with van der Waals surface area (Å²) in [5, 5.41) is 0. The molecule has 1 aliphatic rings. The largest absolute Gasteiger partial charge is 0.426 e. The number of unbranched alkanes of at least 4 members (excludes halogenated alkanes) is 1. The van der Waals surface area contributed by atoms with E-state index in [1.165, 1.54) is 18.4 Å². The number of hydrogen-bond acceptors (Lipinski definition) is 2. The Bertz CT molecular complexity index is 382. The smallest absolute Gasteiger partial charge is 0.318 e. The van der Waals surface area contributed by atoms with Crippen molar-refractivity contribution in [2.24, 2.45) is 0 Å². The number of carbonyl (C=O) groups excluding carboxylic acids is 1. The molecular formula is C13H16O2. The van der Waals surface area contributed by atoms with Crippen molar-refractivity contribution < 1.29 is 9.53 Å². The van der Waals surface area contributed by atoms with Gasteiger partial charge in [-0.25, -0.2) is 0 Å². The second-order valence-electron chi connectivity index (χ2n) is 4.12. The second-order valence-corrected chi connectivity index (χ2v) is 4.12. The summed E-state index contributed by atoms with van der Waals surface area (Å²) >= 11 is 0. The van der Waals surface area contributed by atoms with Gasteiger partial charge in [0.2, 0.25) is 0 Å². The highest BCUT2D eigenvalue weighted by Gasteiger charge is 2.28. The van der Waals surface area contributed by atoms with E-state index in [0.29, 0.717) is 0 Å². The van der Waals surface area contributed by atoms with Gasteiger partial charge in [-0.1, -0.05) is 25.5 Å². The fourth-order valence-electron chi connectivity index (χ4n) is 1.89. The maximum absolute atomic E-state index is 11.3. The summed E-state index contributed by atoms with van der Waals surface area (Å²) < 4.78 is 5.14. The molecule has 0 bridgehead atoms. The maximum Gasteiger partial charge on any atom is 0.318 e. The van der Waals surface area contributed by atoms with Crippen LogP contribution in [-0.4, -0.2) is 5.97 Å². The van der Waals surface area contributed by atoms with Gasteiger partial charge >= 0.3 is 5.97 Å². The Morgan fingerprint density at radius 2 is 2.20 bits per heavy atom. The van der Waals surface area contributed by atoms with E-state index in [0.717, 1.165) is 17.7 Å². The molecule has 0 saturated heterocycles. The highest BCUT2D eigenvalue weighted by molar-refractivity contribution is 5.85. The molecular weight excluding hydrogens is 188 g/mol. The van der Waals surface area contributed by atoms with Crippen LogP contribution in [0.3, 0.4) is 0 Å². The molecule has 1 aromatic carbocycles. The molecule has 0 amide bonds. The molecule has 1 unspecified atom stereocenters. The van der Waals surface area contributed by atoms with Crippen molar-refractivity contribution in [2.75, 3.05) is 0 Å².